The minimum Gasteiger partial charge on any atom is -0.323 e. The molecule has 0 saturated heterocycles. The average Bonchev–Trinajstić information content (AvgIpc) is 2.71. The van der Waals surface area contributed by atoms with E-state index < -0.39 is 15.6 Å². The third kappa shape index (κ3) is 24.1. The normalized spacial score (nSPS) is 12.4. The molecule has 1 unspecified atom stereocenters. The van der Waals surface area contributed by atoms with Crippen LogP contribution in [0.15, 0.2) is 0 Å². The second-order valence-electron chi connectivity index (χ2n) is 8.32. The highest BCUT2D eigenvalue weighted by Gasteiger charge is 2.25. The van der Waals surface area contributed by atoms with Crippen molar-refractivity contribution in [2.75, 3.05) is 20.7 Å². The molecule has 0 saturated carbocycles. The molecule has 0 amide bonds. The van der Waals surface area contributed by atoms with Crippen LogP contribution < -0.4 is 5.32 Å². The van der Waals surface area contributed by atoms with Gasteiger partial charge in [0, 0.05) is 0 Å². The van der Waals surface area contributed by atoms with Gasteiger partial charge in [-0.3, -0.25) is 4.18 Å². The van der Waals surface area contributed by atoms with Crippen LogP contribution in [0.4, 0.5) is 4.39 Å². The van der Waals surface area contributed by atoms with E-state index in [9.17, 15) is 12.8 Å². The standard InChI is InChI=1S/C22H45FO3S.C2H7N/c1-3-5-7-9-11-13-15-17-19-21-26-27(24,25)22(23)20-18-16-14-12-10-8-6-4-2;1-3-2/h22H,3-21H2,1-2H3;3H,1-2H3. The van der Waals surface area contributed by atoms with Gasteiger partial charge in [0.25, 0.3) is 10.1 Å². The van der Waals surface area contributed by atoms with Crippen molar-refractivity contribution < 1.29 is 17.0 Å². The summed E-state index contributed by atoms with van der Waals surface area (Å²) in [5, 5.41) is 2.75. The Balaban J connectivity index is 0. The first-order valence-corrected chi connectivity index (χ1v) is 14.0. The number of hydrogen-bond acceptors (Lipinski definition) is 4. The van der Waals surface area contributed by atoms with Crippen molar-refractivity contribution >= 4 is 10.1 Å². The predicted molar refractivity (Wildman–Crippen MR) is 129 cm³/mol. The number of halogens is 1. The quantitative estimate of drug-likeness (QED) is 0.144. The van der Waals surface area contributed by atoms with E-state index in [1.807, 2.05) is 14.1 Å². The molecular formula is C24H52FNO3S. The summed E-state index contributed by atoms with van der Waals surface area (Å²) in [4.78, 5) is 0. The molecule has 1 N–H and O–H groups in total. The van der Waals surface area contributed by atoms with Gasteiger partial charge in [-0.05, 0) is 33.4 Å². The lowest BCUT2D eigenvalue weighted by Gasteiger charge is -2.10. The number of unbranched alkanes of at least 4 members (excludes halogenated alkanes) is 15. The number of hydrogen-bond donors (Lipinski definition) is 1. The number of rotatable bonds is 21. The molecule has 6 heteroatoms. The Bertz CT molecular complexity index is 419. The Kier molecular flexibility index (Phi) is 26.7. The van der Waals surface area contributed by atoms with Crippen LogP contribution in [0.25, 0.3) is 0 Å². The highest BCUT2D eigenvalue weighted by Crippen LogP contribution is 2.17. The van der Waals surface area contributed by atoms with Crippen LogP contribution in [0.3, 0.4) is 0 Å². The molecule has 30 heavy (non-hydrogen) atoms. The van der Waals surface area contributed by atoms with Crippen molar-refractivity contribution in [1.82, 2.24) is 5.32 Å². The highest BCUT2D eigenvalue weighted by atomic mass is 32.2. The Hall–Kier alpha value is -0.200. The highest BCUT2D eigenvalue weighted by molar-refractivity contribution is 7.87. The SMILES string of the molecule is CCCCCCCCCCCOS(=O)(=O)C(F)CCCCCCCCCC.CNC. The van der Waals surface area contributed by atoms with Gasteiger partial charge in [0.1, 0.15) is 0 Å². The zero-order valence-electron chi connectivity index (χ0n) is 20.5. The topological polar surface area (TPSA) is 55.4 Å². The van der Waals surface area contributed by atoms with Crippen LogP contribution in [-0.2, 0) is 14.3 Å². The van der Waals surface area contributed by atoms with E-state index in [0.29, 0.717) is 12.8 Å². The Morgan fingerprint density at radius 1 is 0.667 bits per heavy atom. The summed E-state index contributed by atoms with van der Waals surface area (Å²) in [5.74, 6) is 0. The molecule has 0 radical (unpaired) electrons. The van der Waals surface area contributed by atoms with E-state index in [2.05, 4.69) is 19.2 Å². The molecular weight excluding hydrogens is 401 g/mol. The van der Waals surface area contributed by atoms with Crippen LogP contribution in [0.5, 0.6) is 0 Å². The molecule has 0 fully saturated rings. The van der Waals surface area contributed by atoms with Crippen molar-refractivity contribution in [3.8, 4) is 0 Å². The van der Waals surface area contributed by atoms with Gasteiger partial charge >= 0.3 is 0 Å². The lowest BCUT2D eigenvalue weighted by molar-refractivity contribution is 0.270. The molecule has 184 valence electrons. The van der Waals surface area contributed by atoms with Crippen LogP contribution in [0, 0.1) is 0 Å². The zero-order chi connectivity index (χ0) is 22.9. The Labute approximate surface area is 188 Å². The number of nitrogens with one attached hydrogen (secondary N) is 1. The summed E-state index contributed by atoms with van der Waals surface area (Å²) in [7, 11) is -0.289. The molecule has 0 rings (SSSR count). The third-order valence-electron chi connectivity index (χ3n) is 5.09. The third-order valence-corrected chi connectivity index (χ3v) is 6.45. The van der Waals surface area contributed by atoms with Crippen molar-refractivity contribution in [2.24, 2.45) is 0 Å². The first kappa shape index (κ1) is 32.0. The van der Waals surface area contributed by atoms with Crippen molar-refractivity contribution in [2.45, 2.75) is 135 Å². The van der Waals surface area contributed by atoms with E-state index in [0.717, 1.165) is 25.7 Å². The van der Waals surface area contributed by atoms with Gasteiger partial charge in [-0.1, -0.05) is 110 Å². The van der Waals surface area contributed by atoms with Gasteiger partial charge in [0.2, 0.25) is 5.50 Å². The van der Waals surface area contributed by atoms with E-state index in [1.54, 1.807) is 0 Å². The fourth-order valence-corrected chi connectivity index (χ4v) is 4.20. The van der Waals surface area contributed by atoms with Crippen LogP contribution >= 0.6 is 0 Å². The van der Waals surface area contributed by atoms with Gasteiger partial charge in [0.05, 0.1) is 6.61 Å². The first-order valence-electron chi connectivity index (χ1n) is 12.6. The largest absolute Gasteiger partial charge is 0.323 e. The van der Waals surface area contributed by atoms with Crippen molar-refractivity contribution in [3.63, 3.8) is 0 Å². The minimum atomic E-state index is -4.04. The molecule has 0 aliphatic carbocycles. The van der Waals surface area contributed by atoms with E-state index >= 15 is 0 Å². The summed E-state index contributed by atoms with van der Waals surface area (Å²) in [6.45, 7) is 4.53. The fraction of sp³-hybridized carbons (Fsp3) is 1.00. The molecule has 1 atom stereocenters. The second-order valence-corrected chi connectivity index (χ2v) is 10.0. The summed E-state index contributed by atoms with van der Waals surface area (Å²) in [6.07, 6.45) is 19.2. The molecule has 4 nitrogen and oxygen atoms in total. The van der Waals surface area contributed by atoms with E-state index in [4.69, 9.17) is 4.18 Å². The smallest absolute Gasteiger partial charge is 0.299 e. The molecule has 0 aliphatic rings. The monoisotopic (exact) mass is 453 g/mol. The van der Waals surface area contributed by atoms with Gasteiger partial charge in [-0.15, -0.1) is 0 Å². The van der Waals surface area contributed by atoms with Crippen molar-refractivity contribution in [3.05, 3.63) is 0 Å². The second kappa shape index (κ2) is 25.1. The Morgan fingerprint density at radius 3 is 1.40 bits per heavy atom. The number of alkyl halides is 1. The van der Waals surface area contributed by atoms with Gasteiger partial charge in [0.15, 0.2) is 0 Å². The molecule has 0 aromatic rings. The Morgan fingerprint density at radius 2 is 1.00 bits per heavy atom. The maximum atomic E-state index is 13.9. The summed E-state index contributed by atoms with van der Waals surface area (Å²) >= 11 is 0. The maximum Gasteiger partial charge on any atom is 0.299 e. The van der Waals surface area contributed by atoms with Gasteiger partial charge < -0.3 is 5.32 Å². The lowest BCUT2D eigenvalue weighted by atomic mass is 10.1. The van der Waals surface area contributed by atoms with Crippen molar-refractivity contribution in [1.29, 1.82) is 0 Å². The first-order chi connectivity index (χ1) is 14.5. The molecule has 0 aliphatic heterocycles. The van der Waals surface area contributed by atoms with Crippen LogP contribution in [0.2, 0.25) is 0 Å². The van der Waals surface area contributed by atoms with Gasteiger partial charge in [-0.25, -0.2) is 4.39 Å². The van der Waals surface area contributed by atoms with Gasteiger partial charge in [-0.2, -0.15) is 8.42 Å². The minimum absolute atomic E-state index is 0.0645. The van der Waals surface area contributed by atoms with E-state index in [-0.39, 0.29) is 13.0 Å². The van der Waals surface area contributed by atoms with Crippen LogP contribution in [0.1, 0.15) is 129 Å². The molecule has 0 bridgehead atoms. The molecule has 0 aromatic heterocycles. The summed E-state index contributed by atoms with van der Waals surface area (Å²) in [6, 6.07) is 0. The molecule has 0 aromatic carbocycles. The molecule has 0 heterocycles. The zero-order valence-corrected chi connectivity index (χ0v) is 21.3. The summed E-state index contributed by atoms with van der Waals surface area (Å²) < 4.78 is 42.4. The maximum absolute atomic E-state index is 13.9. The summed E-state index contributed by atoms with van der Waals surface area (Å²) in [5.41, 5.74) is -1.86. The molecule has 0 spiro atoms. The van der Waals surface area contributed by atoms with E-state index in [1.165, 1.54) is 70.6 Å². The lowest BCUT2D eigenvalue weighted by Crippen LogP contribution is -2.19. The predicted octanol–water partition coefficient (Wildman–Crippen LogP) is 7.53. The fourth-order valence-electron chi connectivity index (χ4n) is 3.24. The average molecular weight is 454 g/mol. The van der Waals surface area contributed by atoms with Crippen LogP contribution in [-0.4, -0.2) is 34.6 Å².